The SMILES string of the molecule is CC(=O)N1C[C@H]2CNC[C@H]2[C@@H]1c1ccccc1. The molecular weight excluding hydrogens is 212 g/mol. The molecule has 0 spiro atoms. The van der Waals surface area contributed by atoms with Crippen molar-refractivity contribution in [2.75, 3.05) is 19.6 Å². The molecule has 0 unspecified atom stereocenters. The van der Waals surface area contributed by atoms with Gasteiger partial charge in [-0.25, -0.2) is 0 Å². The van der Waals surface area contributed by atoms with E-state index in [2.05, 4.69) is 29.6 Å². The first-order valence-corrected chi connectivity index (χ1v) is 6.30. The molecule has 3 nitrogen and oxygen atoms in total. The quantitative estimate of drug-likeness (QED) is 0.791. The van der Waals surface area contributed by atoms with E-state index in [1.807, 2.05) is 11.0 Å². The fourth-order valence-corrected chi connectivity index (χ4v) is 3.32. The Morgan fingerprint density at radius 2 is 2.06 bits per heavy atom. The Labute approximate surface area is 102 Å². The third kappa shape index (κ3) is 1.75. The van der Waals surface area contributed by atoms with Gasteiger partial charge in [0.2, 0.25) is 5.91 Å². The largest absolute Gasteiger partial charge is 0.335 e. The zero-order valence-electron chi connectivity index (χ0n) is 10.1. The minimum Gasteiger partial charge on any atom is -0.335 e. The second-order valence-corrected chi connectivity index (χ2v) is 5.11. The molecule has 1 amide bonds. The minimum atomic E-state index is 0.202. The van der Waals surface area contributed by atoms with E-state index >= 15 is 0 Å². The number of likely N-dealkylation sites (tertiary alicyclic amines) is 1. The van der Waals surface area contributed by atoms with Gasteiger partial charge >= 0.3 is 0 Å². The van der Waals surface area contributed by atoms with Gasteiger partial charge in [-0.15, -0.1) is 0 Å². The van der Waals surface area contributed by atoms with Crippen molar-refractivity contribution in [3.05, 3.63) is 35.9 Å². The number of rotatable bonds is 1. The van der Waals surface area contributed by atoms with E-state index in [4.69, 9.17) is 0 Å². The first kappa shape index (κ1) is 10.8. The molecule has 2 aliphatic heterocycles. The van der Waals surface area contributed by atoms with Gasteiger partial charge in [0.25, 0.3) is 0 Å². The van der Waals surface area contributed by atoms with Crippen LogP contribution in [0.1, 0.15) is 18.5 Å². The van der Waals surface area contributed by atoms with Crippen LogP contribution in [0.3, 0.4) is 0 Å². The van der Waals surface area contributed by atoms with Crippen molar-refractivity contribution < 1.29 is 4.79 Å². The molecular formula is C14H18N2O. The number of hydrogen-bond donors (Lipinski definition) is 1. The van der Waals surface area contributed by atoms with Crippen LogP contribution in [0.25, 0.3) is 0 Å². The zero-order valence-corrected chi connectivity index (χ0v) is 10.1. The lowest BCUT2D eigenvalue weighted by molar-refractivity contribution is -0.130. The molecule has 90 valence electrons. The van der Waals surface area contributed by atoms with Gasteiger partial charge in [-0.3, -0.25) is 4.79 Å². The van der Waals surface area contributed by atoms with Crippen molar-refractivity contribution in [1.29, 1.82) is 0 Å². The molecule has 0 aromatic heterocycles. The van der Waals surface area contributed by atoms with Crippen LogP contribution < -0.4 is 5.32 Å². The molecule has 0 bridgehead atoms. The molecule has 1 N–H and O–H groups in total. The van der Waals surface area contributed by atoms with Crippen LogP contribution >= 0.6 is 0 Å². The Balaban J connectivity index is 1.95. The van der Waals surface area contributed by atoms with E-state index in [0.717, 1.165) is 19.6 Å². The van der Waals surface area contributed by atoms with E-state index in [9.17, 15) is 4.79 Å². The van der Waals surface area contributed by atoms with Gasteiger partial charge < -0.3 is 10.2 Å². The standard InChI is InChI=1S/C14H18N2O/c1-10(17)16-9-12-7-15-8-13(12)14(16)11-5-3-2-4-6-11/h2-6,12-15H,7-9H2,1H3/t12-,13-,14+/m1/s1. The predicted molar refractivity (Wildman–Crippen MR) is 66.4 cm³/mol. The van der Waals surface area contributed by atoms with Crippen LogP contribution in [0.15, 0.2) is 30.3 Å². The summed E-state index contributed by atoms with van der Waals surface area (Å²) >= 11 is 0. The van der Waals surface area contributed by atoms with E-state index < -0.39 is 0 Å². The number of fused-ring (bicyclic) bond motifs is 1. The summed E-state index contributed by atoms with van der Waals surface area (Å²) in [6, 6.07) is 10.7. The smallest absolute Gasteiger partial charge is 0.219 e. The number of nitrogens with zero attached hydrogens (tertiary/aromatic N) is 1. The Bertz CT molecular complexity index is 417. The third-order valence-electron chi connectivity index (χ3n) is 4.11. The van der Waals surface area contributed by atoms with Crippen LogP contribution in [0.5, 0.6) is 0 Å². The Morgan fingerprint density at radius 3 is 2.76 bits per heavy atom. The molecule has 2 heterocycles. The highest BCUT2D eigenvalue weighted by atomic mass is 16.2. The molecule has 17 heavy (non-hydrogen) atoms. The molecule has 2 fully saturated rings. The summed E-state index contributed by atoms with van der Waals surface area (Å²) in [6.45, 7) is 4.68. The number of carbonyl (C=O) groups is 1. The average Bonchev–Trinajstić information content (AvgIpc) is 2.89. The van der Waals surface area contributed by atoms with E-state index in [1.54, 1.807) is 6.92 Å². The van der Waals surface area contributed by atoms with Crippen LogP contribution in [0.2, 0.25) is 0 Å². The molecule has 0 radical (unpaired) electrons. The number of carbonyl (C=O) groups excluding carboxylic acids is 1. The third-order valence-corrected chi connectivity index (χ3v) is 4.11. The van der Waals surface area contributed by atoms with Crippen molar-refractivity contribution in [1.82, 2.24) is 10.2 Å². The lowest BCUT2D eigenvalue weighted by Gasteiger charge is -2.27. The monoisotopic (exact) mass is 230 g/mol. The van der Waals surface area contributed by atoms with Crippen LogP contribution in [0, 0.1) is 11.8 Å². The van der Waals surface area contributed by atoms with Gasteiger partial charge in [-0.2, -0.15) is 0 Å². The highest BCUT2D eigenvalue weighted by Gasteiger charge is 2.45. The highest BCUT2D eigenvalue weighted by Crippen LogP contribution is 2.42. The number of nitrogens with one attached hydrogen (secondary N) is 1. The number of amides is 1. The first-order chi connectivity index (χ1) is 8.27. The summed E-state index contributed by atoms with van der Waals surface area (Å²) in [5, 5.41) is 3.45. The van der Waals surface area contributed by atoms with Gasteiger partial charge in [0, 0.05) is 32.5 Å². The molecule has 3 rings (SSSR count). The number of hydrogen-bond acceptors (Lipinski definition) is 2. The summed E-state index contributed by atoms with van der Waals surface area (Å²) in [5.41, 5.74) is 1.28. The Kier molecular flexibility index (Phi) is 2.63. The van der Waals surface area contributed by atoms with Crippen molar-refractivity contribution in [2.24, 2.45) is 11.8 Å². The summed E-state index contributed by atoms with van der Waals surface area (Å²) in [4.78, 5) is 13.8. The molecule has 1 aromatic rings. The second-order valence-electron chi connectivity index (χ2n) is 5.11. The van der Waals surface area contributed by atoms with Gasteiger partial charge in [0.15, 0.2) is 0 Å². The molecule has 1 aromatic carbocycles. The predicted octanol–water partition coefficient (Wildman–Crippen LogP) is 1.43. The lowest BCUT2D eigenvalue weighted by atomic mass is 9.89. The zero-order chi connectivity index (χ0) is 11.8. The fraction of sp³-hybridized carbons (Fsp3) is 0.500. The van der Waals surface area contributed by atoms with Crippen molar-refractivity contribution in [3.8, 4) is 0 Å². The van der Waals surface area contributed by atoms with E-state index in [1.165, 1.54) is 5.56 Å². The number of benzene rings is 1. The topological polar surface area (TPSA) is 32.3 Å². The first-order valence-electron chi connectivity index (χ1n) is 6.30. The van der Waals surface area contributed by atoms with Gasteiger partial charge in [0.05, 0.1) is 6.04 Å². The van der Waals surface area contributed by atoms with Crippen molar-refractivity contribution >= 4 is 5.91 Å². The van der Waals surface area contributed by atoms with Gasteiger partial charge in [-0.1, -0.05) is 30.3 Å². The Hall–Kier alpha value is -1.35. The van der Waals surface area contributed by atoms with Crippen molar-refractivity contribution in [3.63, 3.8) is 0 Å². The maximum absolute atomic E-state index is 11.8. The van der Waals surface area contributed by atoms with Crippen LogP contribution in [0.4, 0.5) is 0 Å². The van der Waals surface area contributed by atoms with Crippen molar-refractivity contribution in [2.45, 2.75) is 13.0 Å². The highest BCUT2D eigenvalue weighted by molar-refractivity contribution is 5.74. The maximum atomic E-state index is 11.8. The molecule has 0 saturated carbocycles. The molecule has 3 heteroatoms. The van der Waals surface area contributed by atoms with Gasteiger partial charge in [-0.05, 0) is 11.5 Å². The summed E-state index contributed by atoms with van der Waals surface area (Å²) in [6.07, 6.45) is 0. The molecule has 2 saturated heterocycles. The van der Waals surface area contributed by atoms with Crippen LogP contribution in [-0.2, 0) is 4.79 Å². The van der Waals surface area contributed by atoms with Crippen LogP contribution in [-0.4, -0.2) is 30.4 Å². The van der Waals surface area contributed by atoms with E-state index in [-0.39, 0.29) is 11.9 Å². The minimum absolute atomic E-state index is 0.202. The van der Waals surface area contributed by atoms with E-state index in [0.29, 0.717) is 11.8 Å². The molecule has 0 aliphatic carbocycles. The Morgan fingerprint density at radius 1 is 1.29 bits per heavy atom. The summed E-state index contributed by atoms with van der Waals surface area (Å²) in [5.74, 6) is 1.42. The van der Waals surface area contributed by atoms with Gasteiger partial charge in [0.1, 0.15) is 0 Å². The average molecular weight is 230 g/mol. The fourth-order valence-electron chi connectivity index (χ4n) is 3.32. The normalized spacial score (nSPS) is 31.6. The lowest BCUT2D eigenvalue weighted by Crippen LogP contribution is -2.32. The maximum Gasteiger partial charge on any atom is 0.219 e. The molecule has 3 atom stereocenters. The second kappa shape index (κ2) is 4.15. The summed E-state index contributed by atoms with van der Waals surface area (Å²) < 4.78 is 0. The molecule has 2 aliphatic rings. The summed E-state index contributed by atoms with van der Waals surface area (Å²) in [7, 11) is 0.